The largest absolute Gasteiger partial charge is 0.457 e. The second-order valence-electron chi connectivity index (χ2n) is 4.14. The minimum absolute atomic E-state index is 0.690. The normalized spacial score (nSPS) is 10.4. The van der Waals surface area contributed by atoms with E-state index < -0.39 is 8.80 Å². The van der Waals surface area contributed by atoms with E-state index in [0.29, 0.717) is 0 Å². The Bertz CT molecular complexity index is 434. The van der Waals surface area contributed by atoms with Crippen molar-refractivity contribution in [2.45, 2.75) is 13.1 Å². The van der Waals surface area contributed by atoms with E-state index in [4.69, 9.17) is 4.74 Å². The number of rotatable bonds is 3. The summed E-state index contributed by atoms with van der Waals surface area (Å²) in [4.78, 5) is 0. The van der Waals surface area contributed by atoms with E-state index in [0.717, 1.165) is 11.5 Å². The predicted molar refractivity (Wildman–Crippen MR) is 71.5 cm³/mol. The second-order valence-corrected chi connectivity index (χ2v) is 7.11. The highest BCUT2D eigenvalue weighted by molar-refractivity contribution is 6.70. The van der Waals surface area contributed by atoms with Crippen molar-refractivity contribution in [3.63, 3.8) is 0 Å². The summed E-state index contributed by atoms with van der Waals surface area (Å²) in [5, 5.41) is 1.47. The highest BCUT2D eigenvalue weighted by Crippen LogP contribution is 2.19. The van der Waals surface area contributed by atoms with Gasteiger partial charge < -0.3 is 4.74 Å². The lowest BCUT2D eigenvalue weighted by atomic mass is 10.3. The van der Waals surface area contributed by atoms with E-state index in [-0.39, 0.29) is 0 Å². The average Bonchev–Trinajstić information content (AvgIpc) is 2.31. The van der Waals surface area contributed by atoms with Crippen LogP contribution in [0.2, 0.25) is 13.1 Å². The molecular formula is C14H16OSi. The van der Waals surface area contributed by atoms with Crippen LogP contribution < -0.4 is 9.92 Å². The van der Waals surface area contributed by atoms with Gasteiger partial charge in [0.1, 0.15) is 11.5 Å². The van der Waals surface area contributed by atoms with Gasteiger partial charge in [0.15, 0.2) is 0 Å². The number of hydrogen-bond donors (Lipinski definition) is 0. The summed E-state index contributed by atoms with van der Waals surface area (Å²) < 4.78 is 5.73. The molecule has 0 spiro atoms. The van der Waals surface area contributed by atoms with Gasteiger partial charge in [0.2, 0.25) is 0 Å². The summed E-state index contributed by atoms with van der Waals surface area (Å²) in [6, 6.07) is 18.3. The number of para-hydroxylation sites is 1. The van der Waals surface area contributed by atoms with Crippen LogP contribution in [-0.4, -0.2) is 8.80 Å². The first kappa shape index (κ1) is 11.0. The van der Waals surface area contributed by atoms with Gasteiger partial charge in [-0.1, -0.05) is 48.6 Å². The van der Waals surface area contributed by atoms with Gasteiger partial charge in [-0.2, -0.15) is 0 Å². The van der Waals surface area contributed by atoms with Crippen molar-refractivity contribution in [1.29, 1.82) is 0 Å². The van der Waals surface area contributed by atoms with Crippen LogP contribution in [0.1, 0.15) is 0 Å². The maximum Gasteiger partial charge on any atom is 0.127 e. The minimum Gasteiger partial charge on any atom is -0.457 e. The fourth-order valence-electron chi connectivity index (χ4n) is 1.55. The van der Waals surface area contributed by atoms with E-state index in [1.165, 1.54) is 5.19 Å². The van der Waals surface area contributed by atoms with Crippen LogP contribution in [0.15, 0.2) is 54.6 Å². The van der Waals surface area contributed by atoms with Crippen LogP contribution in [0.4, 0.5) is 0 Å². The zero-order valence-corrected chi connectivity index (χ0v) is 10.8. The van der Waals surface area contributed by atoms with Crippen molar-refractivity contribution >= 4 is 14.0 Å². The second kappa shape index (κ2) is 4.99. The molecule has 0 aromatic heterocycles. The standard InChI is InChI=1S/C14H16OSi/c1-16(2)14-10-8-13(9-11-14)15-12-6-4-3-5-7-12/h3-11,16H,1-2H3. The van der Waals surface area contributed by atoms with Gasteiger partial charge in [-0.25, -0.2) is 0 Å². The van der Waals surface area contributed by atoms with Gasteiger partial charge in [0.05, 0.1) is 8.80 Å². The van der Waals surface area contributed by atoms with Crippen LogP contribution >= 0.6 is 0 Å². The molecule has 0 N–H and O–H groups in total. The highest BCUT2D eigenvalue weighted by Gasteiger charge is 2.01. The minimum atomic E-state index is -0.690. The van der Waals surface area contributed by atoms with Crippen LogP contribution in [0.5, 0.6) is 11.5 Å². The number of benzene rings is 2. The first-order valence-electron chi connectivity index (χ1n) is 5.58. The smallest absolute Gasteiger partial charge is 0.127 e. The third kappa shape index (κ3) is 2.73. The average molecular weight is 228 g/mol. The molecule has 0 atom stereocenters. The molecule has 82 valence electrons. The Hall–Kier alpha value is -1.54. The Balaban J connectivity index is 2.11. The van der Waals surface area contributed by atoms with Crippen molar-refractivity contribution < 1.29 is 4.74 Å². The monoisotopic (exact) mass is 228 g/mol. The van der Waals surface area contributed by atoms with Crippen molar-refractivity contribution in [3.8, 4) is 11.5 Å². The highest BCUT2D eigenvalue weighted by atomic mass is 28.3. The van der Waals surface area contributed by atoms with E-state index in [1.807, 2.05) is 30.3 Å². The molecule has 16 heavy (non-hydrogen) atoms. The molecule has 0 heterocycles. The molecule has 2 heteroatoms. The van der Waals surface area contributed by atoms with Gasteiger partial charge in [-0.3, -0.25) is 0 Å². The molecule has 0 aliphatic rings. The Labute approximate surface area is 98.3 Å². The first-order valence-corrected chi connectivity index (χ1v) is 8.47. The third-order valence-corrected chi connectivity index (χ3v) is 4.24. The lowest BCUT2D eigenvalue weighted by Gasteiger charge is -2.07. The maximum atomic E-state index is 5.73. The molecule has 0 unspecified atom stereocenters. The molecule has 0 amide bonds. The molecule has 2 aromatic carbocycles. The Morgan fingerprint density at radius 3 is 1.88 bits per heavy atom. The van der Waals surface area contributed by atoms with Gasteiger partial charge in [-0.15, -0.1) is 0 Å². The molecule has 2 aromatic rings. The topological polar surface area (TPSA) is 9.23 Å². The SMILES string of the molecule is C[SiH](C)c1ccc(Oc2ccccc2)cc1. The zero-order valence-electron chi connectivity index (χ0n) is 9.68. The summed E-state index contributed by atoms with van der Waals surface area (Å²) in [5.41, 5.74) is 0. The van der Waals surface area contributed by atoms with Gasteiger partial charge in [0.25, 0.3) is 0 Å². The van der Waals surface area contributed by atoms with Crippen LogP contribution in [0.3, 0.4) is 0 Å². The number of ether oxygens (including phenoxy) is 1. The number of hydrogen-bond acceptors (Lipinski definition) is 1. The van der Waals surface area contributed by atoms with E-state index in [1.54, 1.807) is 0 Å². The summed E-state index contributed by atoms with van der Waals surface area (Å²) in [7, 11) is -0.690. The fourth-order valence-corrected chi connectivity index (χ4v) is 2.51. The van der Waals surface area contributed by atoms with E-state index in [9.17, 15) is 0 Å². The maximum absolute atomic E-state index is 5.73. The fraction of sp³-hybridized carbons (Fsp3) is 0.143. The van der Waals surface area contributed by atoms with E-state index in [2.05, 4.69) is 37.4 Å². The molecule has 1 nitrogen and oxygen atoms in total. The molecular weight excluding hydrogens is 212 g/mol. The van der Waals surface area contributed by atoms with Crippen molar-refractivity contribution in [2.75, 3.05) is 0 Å². The Morgan fingerprint density at radius 2 is 1.31 bits per heavy atom. The Morgan fingerprint density at radius 1 is 0.750 bits per heavy atom. The summed E-state index contributed by atoms with van der Waals surface area (Å²) in [6.45, 7) is 4.65. The lowest BCUT2D eigenvalue weighted by Crippen LogP contribution is -2.21. The van der Waals surface area contributed by atoms with Crippen LogP contribution in [0, 0.1) is 0 Å². The molecule has 0 saturated carbocycles. The molecule has 2 rings (SSSR count). The zero-order chi connectivity index (χ0) is 11.4. The van der Waals surface area contributed by atoms with Crippen LogP contribution in [-0.2, 0) is 0 Å². The Kier molecular flexibility index (Phi) is 3.42. The third-order valence-electron chi connectivity index (χ3n) is 2.53. The first-order chi connectivity index (χ1) is 7.75. The molecule has 0 aliphatic heterocycles. The van der Waals surface area contributed by atoms with Gasteiger partial charge in [0, 0.05) is 0 Å². The van der Waals surface area contributed by atoms with Gasteiger partial charge >= 0.3 is 0 Å². The van der Waals surface area contributed by atoms with Crippen molar-refractivity contribution in [1.82, 2.24) is 0 Å². The van der Waals surface area contributed by atoms with Crippen molar-refractivity contribution in [2.24, 2.45) is 0 Å². The lowest BCUT2D eigenvalue weighted by molar-refractivity contribution is 0.483. The van der Waals surface area contributed by atoms with Crippen LogP contribution in [0.25, 0.3) is 0 Å². The molecule has 0 bridgehead atoms. The summed E-state index contributed by atoms with van der Waals surface area (Å²) in [5.74, 6) is 1.79. The van der Waals surface area contributed by atoms with Gasteiger partial charge in [-0.05, 0) is 24.3 Å². The quantitative estimate of drug-likeness (QED) is 0.733. The molecule has 0 radical (unpaired) electrons. The molecule has 0 aliphatic carbocycles. The van der Waals surface area contributed by atoms with Crippen molar-refractivity contribution in [3.05, 3.63) is 54.6 Å². The molecule has 0 saturated heterocycles. The van der Waals surface area contributed by atoms with E-state index >= 15 is 0 Å². The summed E-state index contributed by atoms with van der Waals surface area (Å²) in [6.07, 6.45) is 0. The predicted octanol–water partition coefficient (Wildman–Crippen LogP) is 3.17. The summed E-state index contributed by atoms with van der Waals surface area (Å²) >= 11 is 0. The molecule has 0 fully saturated rings.